The first-order valence-electron chi connectivity index (χ1n) is 10.5. The number of sulfone groups is 1. The van der Waals surface area contributed by atoms with Crippen molar-refractivity contribution in [1.29, 1.82) is 0 Å². The maximum atomic E-state index is 13.2. The summed E-state index contributed by atoms with van der Waals surface area (Å²) < 4.78 is 43.9. The lowest BCUT2D eigenvalue weighted by Crippen LogP contribution is -2.18. The molecule has 1 amide bonds. The van der Waals surface area contributed by atoms with Gasteiger partial charge in [-0.3, -0.25) is 4.79 Å². The van der Waals surface area contributed by atoms with E-state index in [1.165, 1.54) is 32.0 Å². The normalized spacial score (nSPS) is 14.2. The predicted octanol–water partition coefficient (Wildman–Crippen LogP) is 6.30. The van der Waals surface area contributed by atoms with Crippen molar-refractivity contribution >= 4 is 71.1 Å². The monoisotopic (exact) mass is 653 g/mol. The van der Waals surface area contributed by atoms with E-state index in [-0.39, 0.29) is 16.6 Å². The largest absolute Gasteiger partial charge is 0.496 e. The first kappa shape index (κ1) is 26.6. The molecule has 0 unspecified atom stereocenters. The lowest BCUT2D eigenvalue weighted by Gasteiger charge is -2.20. The van der Waals surface area contributed by atoms with Crippen LogP contribution in [-0.2, 0) is 20.4 Å². The fourth-order valence-electron chi connectivity index (χ4n) is 3.58. The number of rotatable bonds is 7. The Labute approximate surface area is 230 Å². The second-order valence-corrected chi connectivity index (χ2v) is 12.4. The Balaban J connectivity index is 1.66. The van der Waals surface area contributed by atoms with Gasteiger partial charge in [-0.1, -0.05) is 49.7 Å². The number of amides is 1. The van der Waals surface area contributed by atoms with Crippen molar-refractivity contribution in [2.45, 2.75) is 15.5 Å². The lowest BCUT2D eigenvalue weighted by molar-refractivity contribution is -0.112. The Hall–Kier alpha value is -2.47. The van der Waals surface area contributed by atoms with Crippen molar-refractivity contribution < 1.29 is 27.4 Å². The van der Waals surface area contributed by atoms with Crippen LogP contribution in [0.15, 0.2) is 72.2 Å². The maximum Gasteiger partial charge on any atom is 0.262 e. The third kappa shape index (κ3) is 5.44. The summed E-state index contributed by atoms with van der Waals surface area (Å²) in [6.07, 6.45) is 1.68. The summed E-state index contributed by atoms with van der Waals surface area (Å²) in [6.45, 7) is 0. The van der Waals surface area contributed by atoms with E-state index in [2.05, 4.69) is 37.2 Å². The number of halogens is 2. The molecule has 0 aliphatic carbocycles. The molecule has 0 fully saturated rings. The van der Waals surface area contributed by atoms with Gasteiger partial charge in [0, 0.05) is 26.0 Å². The molecule has 0 bridgehead atoms. The minimum atomic E-state index is -3.68. The number of thioether (sulfide) groups is 1. The number of carbonyl (C=O) groups excluding carboxylic acids is 1. The van der Waals surface area contributed by atoms with Crippen molar-refractivity contribution in [3.63, 3.8) is 0 Å². The van der Waals surface area contributed by atoms with E-state index in [1.807, 2.05) is 6.07 Å². The zero-order valence-electron chi connectivity index (χ0n) is 19.4. The number of anilines is 1. The second-order valence-electron chi connectivity index (χ2n) is 7.63. The topological polar surface area (TPSA) is 90.9 Å². The highest BCUT2D eigenvalue weighted by Gasteiger charge is 2.26. The summed E-state index contributed by atoms with van der Waals surface area (Å²) in [7, 11) is 0.909. The van der Waals surface area contributed by atoms with Crippen LogP contribution in [0.25, 0.3) is 6.08 Å². The van der Waals surface area contributed by atoms with Crippen LogP contribution in [-0.4, -0.2) is 35.7 Å². The maximum absolute atomic E-state index is 13.2. The van der Waals surface area contributed by atoms with Crippen LogP contribution in [0.4, 0.5) is 5.69 Å². The fraction of sp³-hybridized carbons (Fsp3) is 0.160. The highest BCUT2D eigenvalue weighted by Crippen LogP contribution is 2.43. The summed E-state index contributed by atoms with van der Waals surface area (Å²) in [4.78, 5) is 14.2. The summed E-state index contributed by atoms with van der Waals surface area (Å²) in [5, 5.41) is 2.81. The Kier molecular flexibility index (Phi) is 8.03. The number of fused-ring (bicyclic) bond motifs is 1. The molecule has 0 radical (unpaired) electrons. The van der Waals surface area contributed by atoms with E-state index >= 15 is 0 Å². The molecule has 11 heteroatoms. The van der Waals surface area contributed by atoms with E-state index in [0.717, 1.165) is 0 Å². The molecule has 1 heterocycles. The number of hydrogen-bond donors (Lipinski definition) is 1. The minimum absolute atomic E-state index is 0.121. The molecule has 0 aromatic heterocycles. The van der Waals surface area contributed by atoms with E-state index < -0.39 is 9.84 Å². The standard InChI is InChI=1S/C25H21Br2NO6S2/c1-32-14-9-21(33-2)16(22(10-14)34-3)12-24-25(29)28-20-11-15(7-8-23(20)35-24)36(30,31)13-17-18(26)5-4-6-19(17)27/h4-12H,13H2,1-3H3,(H,28,29)/b24-12+. The summed E-state index contributed by atoms with van der Waals surface area (Å²) in [5.41, 5.74) is 1.64. The van der Waals surface area contributed by atoms with Gasteiger partial charge in [-0.15, -0.1) is 0 Å². The van der Waals surface area contributed by atoms with Crippen molar-refractivity contribution in [3.8, 4) is 17.2 Å². The molecule has 4 rings (SSSR count). The van der Waals surface area contributed by atoms with Crippen LogP contribution in [0, 0.1) is 0 Å². The third-order valence-corrected chi connectivity index (χ3v) is 9.65. The molecule has 36 heavy (non-hydrogen) atoms. The van der Waals surface area contributed by atoms with E-state index in [9.17, 15) is 13.2 Å². The van der Waals surface area contributed by atoms with Crippen LogP contribution >= 0.6 is 43.6 Å². The Morgan fingerprint density at radius 3 is 2.17 bits per heavy atom. The highest BCUT2D eigenvalue weighted by molar-refractivity contribution is 9.11. The van der Waals surface area contributed by atoms with Crippen molar-refractivity contribution in [3.05, 3.63) is 73.5 Å². The molecule has 0 saturated heterocycles. The molecule has 3 aromatic rings. The van der Waals surface area contributed by atoms with Crippen LogP contribution < -0.4 is 19.5 Å². The smallest absolute Gasteiger partial charge is 0.262 e. The molecule has 188 valence electrons. The van der Waals surface area contributed by atoms with Gasteiger partial charge < -0.3 is 19.5 Å². The molecular weight excluding hydrogens is 634 g/mol. The third-order valence-electron chi connectivity index (χ3n) is 5.43. The van der Waals surface area contributed by atoms with Crippen LogP contribution in [0.1, 0.15) is 11.1 Å². The van der Waals surface area contributed by atoms with Gasteiger partial charge in [0.1, 0.15) is 17.2 Å². The lowest BCUT2D eigenvalue weighted by atomic mass is 10.1. The number of hydrogen-bond acceptors (Lipinski definition) is 7. The molecule has 1 N–H and O–H groups in total. The molecule has 3 aromatic carbocycles. The Bertz CT molecular complexity index is 1440. The minimum Gasteiger partial charge on any atom is -0.496 e. The first-order valence-corrected chi connectivity index (χ1v) is 14.5. The van der Waals surface area contributed by atoms with Crippen molar-refractivity contribution in [1.82, 2.24) is 0 Å². The highest BCUT2D eigenvalue weighted by atomic mass is 79.9. The number of benzene rings is 3. The van der Waals surface area contributed by atoms with Gasteiger partial charge in [0.2, 0.25) is 0 Å². The number of methoxy groups -OCH3 is 3. The Morgan fingerprint density at radius 1 is 0.944 bits per heavy atom. The van der Waals surface area contributed by atoms with Gasteiger partial charge in [-0.25, -0.2) is 8.42 Å². The SMILES string of the molecule is COc1cc(OC)c(/C=C2/Sc3ccc(S(=O)(=O)Cc4c(Br)cccc4Br)cc3NC2=O)c(OC)c1. The number of nitrogens with one attached hydrogen (secondary N) is 1. The average molecular weight is 655 g/mol. The fourth-order valence-corrected chi connectivity index (χ4v) is 7.58. The first-order chi connectivity index (χ1) is 17.2. The van der Waals surface area contributed by atoms with Crippen LogP contribution in [0.3, 0.4) is 0 Å². The molecule has 0 spiro atoms. The molecular formula is C25H21Br2NO6S2. The molecule has 1 aliphatic heterocycles. The van der Waals surface area contributed by atoms with Crippen molar-refractivity contribution in [2.24, 2.45) is 0 Å². The summed E-state index contributed by atoms with van der Waals surface area (Å²) >= 11 is 8.07. The quantitative estimate of drug-likeness (QED) is 0.299. The van der Waals surface area contributed by atoms with Crippen LogP contribution in [0.5, 0.6) is 17.2 Å². The Morgan fingerprint density at radius 2 is 1.58 bits per heavy atom. The van der Waals surface area contributed by atoms with E-state index in [1.54, 1.807) is 49.6 Å². The van der Waals surface area contributed by atoms with Crippen LogP contribution in [0.2, 0.25) is 0 Å². The summed E-state index contributed by atoms with van der Waals surface area (Å²) in [5.74, 6) is 0.961. The van der Waals surface area contributed by atoms with Gasteiger partial charge in [0.25, 0.3) is 5.91 Å². The van der Waals surface area contributed by atoms with Gasteiger partial charge in [-0.2, -0.15) is 0 Å². The molecule has 1 aliphatic rings. The second kappa shape index (κ2) is 10.9. The van der Waals surface area contributed by atoms with E-state index in [4.69, 9.17) is 14.2 Å². The molecule has 0 saturated carbocycles. The van der Waals surface area contributed by atoms with E-state index in [0.29, 0.717) is 52.8 Å². The average Bonchev–Trinajstić information content (AvgIpc) is 2.86. The van der Waals surface area contributed by atoms with Gasteiger partial charge in [0.15, 0.2) is 9.84 Å². The van der Waals surface area contributed by atoms with Gasteiger partial charge >= 0.3 is 0 Å². The van der Waals surface area contributed by atoms with Gasteiger partial charge in [-0.05, 0) is 42.0 Å². The van der Waals surface area contributed by atoms with Crippen molar-refractivity contribution in [2.75, 3.05) is 26.6 Å². The zero-order chi connectivity index (χ0) is 26.0. The molecule has 7 nitrogen and oxygen atoms in total. The predicted molar refractivity (Wildman–Crippen MR) is 148 cm³/mol. The molecule has 0 atom stereocenters. The number of ether oxygens (including phenoxy) is 3. The summed E-state index contributed by atoms with van der Waals surface area (Å²) in [6, 6.07) is 13.5. The van der Waals surface area contributed by atoms with Gasteiger partial charge in [0.05, 0.1) is 48.1 Å². The number of carbonyl (C=O) groups is 1. The zero-order valence-corrected chi connectivity index (χ0v) is 24.2.